The summed E-state index contributed by atoms with van der Waals surface area (Å²) < 4.78 is 0.539. The minimum Gasteiger partial charge on any atom is -0.270 e. The van der Waals surface area contributed by atoms with Gasteiger partial charge in [-0.1, -0.05) is 29.9 Å². The molecule has 0 amide bonds. The van der Waals surface area contributed by atoms with Crippen molar-refractivity contribution in [1.82, 2.24) is 0 Å². The van der Waals surface area contributed by atoms with Crippen LogP contribution in [0.5, 0.6) is 0 Å². The molecule has 1 nitrogen and oxygen atoms in total. The third-order valence-electron chi connectivity index (χ3n) is 0.434. The Morgan fingerprint density at radius 1 is 1.75 bits per heavy atom. The Labute approximate surface area is 58.8 Å². The lowest BCUT2D eigenvalue weighted by molar-refractivity contribution is 1.48. The first-order valence-corrected chi connectivity index (χ1v) is 3.32. The van der Waals surface area contributed by atoms with E-state index >= 15 is 0 Å². The van der Waals surface area contributed by atoms with Crippen molar-refractivity contribution in [2.45, 2.75) is 6.92 Å². The van der Waals surface area contributed by atoms with Crippen molar-refractivity contribution in [3.05, 3.63) is 11.5 Å². The Morgan fingerprint density at radius 3 is 2.38 bits per heavy atom. The zero-order chi connectivity index (χ0) is 6.57. The van der Waals surface area contributed by atoms with Crippen molar-refractivity contribution in [3.63, 3.8) is 0 Å². The molecular formula is C5H8ClNS. The Morgan fingerprint density at radius 2 is 2.25 bits per heavy atom. The highest BCUT2D eigenvalue weighted by atomic mass is 35.5. The second-order valence-corrected chi connectivity index (χ2v) is 3.15. The van der Waals surface area contributed by atoms with E-state index in [1.165, 1.54) is 11.8 Å². The van der Waals surface area contributed by atoms with Crippen LogP contribution in [0.4, 0.5) is 0 Å². The number of hydrogen-bond acceptors (Lipinski definition) is 2. The first-order valence-electron chi connectivity index (χ1n) is 2.12. The molecule has 0 fully saturated rings. The molecule has 0 heterocycles. The van der Waals surface area contributed by atoms with Crippen LogP contribution in [0, 0.1) is 0 Å². The topological polar surface area (TPSA) is 12.4 Å². The highest BCUT2D eigenvalue weighted by Crippen LogP contribution is 2.16. The van der Waals surface area contributed by atoms with E-state index in [9.17, 15) is 0 Å². The molecule has 0 aliphatic heterocycles. The second kappa shape index (κ2) is 3.98. The van der Waals surface area contributed by atoms with Crippen LogP contribution < -0.4 is 0 Å². The molecule has 0 aliphatic rings. The van der Waals surface area contributed by atoms with Crippen LogP contribution in [0.25, 0.3) is 0 Å². The highest BCUT2D eigenvalue weighted by Gasteiger charge is 1.90. The average Bonchev–Trinajstić information content (AvgIpc) is 1.65. The van der Waals surface area contributed by atoms with E-state index in [-0.39, 0.29) is 0 Å². The molecule has 0 spiro atoms. The normalized spacial score (nSPS) is 11.6. The molecule has 0 aromatic heterocycles. The van der Waals surface area contributed by atoms with Gasteiger partial charge in [-0.2, -0.15) is 0 Å². The van der Waals surface area contributed by atoms with Crippen molar-refractivity contribution < 1.29 is 0 Å². The zero-order valence-electron chi connectivity index (χ0n) is 4.94. The van der Waals surface area contributed by atoms with Gasteiger partial charge in [0.15, 0.2) is 4.50 Å². The third-order valence-corrected chi connectivity index (χ3v) is 1.53. The molecule has 0 aromatic rings. The van der Waals surface area contributed by atoms with E-state index in [4.69, 9.17) is 11.6 Å². The van der Waals surface area contributed by atoms with E-state index in [0.717, 1.165) is 4.91 Å². The monoisotopic (exact) mass is 149 g/mol. The van der Waals surface area contributed by atoms with Gasteiger partial charge >= 0.3 is 0 Å². The summed E-state index contributed by atoms with van der Waals surface area (Å²) in [7, 11) is 1.65. The summed E-state index contributed by atoms with van der Waals surface area (Å²) in [6, 6.07) is 0. The van der Waals surface area contributed by atoms with Crippen molar-refractivity contribution in [1.29, 1.82) is 0 Å². The largest absolute Gasteiger partial charge is 0.270 e. The van der Waals surface area contributed by atoms with Crippen LogP contribution in [0.3, 0.4) is 0 Å². The van der Waals surface area contributed by atoms with Gasteiger partial charge < -0.3 is 0 Å². The molecule has 0 radical (unpaired) electrons. The maximum Gasteiger partial charge on any atom is 0.162 e. The standard InChI is InChI=1S/C5H8ClNS/c1-4(2)8-5(6)7-3/h1H2,2-3H3. The summed E-state index contributed by atoms with van der Waals surface area (Å²) in [6.45, 7) is 5.53. The maximum absolute atomic E-state index is 5.51. The van der Waals surface area contributed by atoms with Gasteiger partial charge in [-0.3, -0.25) is 4.99 Å². The Kier molecular flexibility index (Phi) is 4.01. The number of rotatable bonds is 1. The SMILES string of the molecule is C=C(C)SC(Cl)=NC. The molecule has 46 valence electrons. The Hall–Kier alpha value is 0.0500. The molecule has 0 saturated heterocycles. The second-order valence-electron chi connectivity index (χ2n) is 1.28. The molecule has 0 unspecified atom stereocenters. The molecular weight excluding hydrogens is 142 g/mol. The molecule has 0 N–H and O–H groups in total. The lowest BCUT2D eigenvalue weighted by Gasteiger charge is -1.91. The van der Waals surface area contributed by atoms with Crippen LogP contribution in [0.15, 0.2) is 16.5 Å². The Bertz CT molecular complexity index is 120. The summed E-state index contributed by atoms with van der Waals surface area (Å²) in [5, 5.41) is 0. The predicted molar refractivity (Wildman–Crippen MR) is 41.6 cm³/mol. The van der Waals surface area contributed by atoms with Gasteiger partial charge in [-0.05, 0) is 11.8 Å². The van der Waals surface area contributed by atoms with Crippen LogP contribution in [0.2, 0.25) is 0 Å². The first-order chi connectivity index (χ1) is 3.66. The summed E-state index contributed by atoms with van der Waals surface area (Å²) in [6.07, 6.45) is 0. The van der Waals surface area contributed by atoms with Crippen molar-refractivity contribution in [2.75, 3.05) is 7.05 Å². The molecule has 0 aliphatic carbocycles. The van der Waals surface area contributed by atoms with Crippen LogP contribution in [0.1, 0.15) is 6.92 Å². The third kappa shape index (κ3) is 4.22. The minimum absolute atomic E-state index is 0.539. The fourth-order valence-corrected chi connectivity index (χ4v) is 0.963. The van der Waals surface area contributed by atoms with Gasteiger partial charge in [-0.15, -0.1) is 0 Å². The lowest BCUT2D eigenvalue weighted by atomic mass is 10.8. The first kappa shape index (κ1) is 8.05. The van der Waals surface area contributed by atoms with E-state index in [2.05, 4.69) is 11.6 Å². The summed E-state index contributed by atoms with van der Waals surface area (Å²) in [5.74, 6) is 0. The number of thioether (sulfide) groups is 1. The van der Waals surface area contributed by atoms with Gasteiger partial charge in [0.2, 0.25) is 0 Å². The zero-order valence-corrected chi connectivity index (χ0v) is 6.51. The van der Waals surface area contributed by atoms with Crippen molar-refractivity contribution >= 4 is 27.9 Å². The minimum atomic E-state index is 0.539. The molecule has 0 bridgehead atoms. The number of nitrogens with zero attached hydrogens (tertiary/aromatic N) is 1. The van der Waals surface area contributed by atoms with Gasteiger partial charge in [0.1, 0.15) is 0 Å². The number of halogens is 1. The molecule has 0 saturated carbocycles. The lowest BCUT2D eigenvalue weighted by Crippen LogP contribution is -1.75. The van der Waals surface area contributed by atoms with E-state index in [1.807, 2.05) is 6.92 Å². The summed E-state index contributed by atoms with van der Waals surface area (Å²) in [4.78, 5) is 4.67. The van der Waals surface area contributed by atoms with Gasteiger partial charge in [-0.25, -0.2) is 0 Å². The predicted octanol–water partition coefficient (Wildman–Crippen LogP) is 2.48. The van der Waals surface area contributed by atoms with Crippen LogP contribution in [-0.2, 0) is 0 Å². The van der Waals surface area contributed by atoms with Gasteiger partial charge in [0, 0.05) is 7.05 Å². The molecule has 8 heavy (non-hydrogen) atoms. The highest BCUT2D eigenvalue weighted by molar-refractivity contribution is 8.19. The number of allylic oxidation sites excluding steroid dienone is 1. The number of hydrogen-bond donors (Lipinski definition) is 0. The van der Waals surface area contributed by atoms with E-state index < -0.39 is 0 Å². The molecule has 0 aromatic carbocycles. The average molecular weight is 150 g/mol. The van der Waals surface area contributed by atoms with Gasteiger partial charge in [0.05, 0.1) is 0 Å². The molecule has 3 heteroatoms. The maximum atomic E-state index is 5.51. The molecule has 0 rings (SSSR count). The Balaban J connectivity index is 3.56. The van der Waals surface area contributed by atoms with Gasteiger partial charge in [0.25, 0.3) is 0 Å². The van der Waals surface area contributed by atoms with Crippen LogP contribution >= 0.6 is 23.4 Å². The quantitative estimate of drug-likeness (QED) is 0.412. The molecule has 0 atom stereocenters. The smallest absolute Gasteiger partial charge is 0.162 e. The van der Waals surface area contributed by atoms with Crippen LogP contribution in [-0.4, -0.2) is 11.6 Å². The number of aliphatic imine (C=N–C) groups is 1. The summed E-state index contributed by atoms with van der Waals surface area (Å²) >= 11 is 6.89. The summed E-state index contributed by atoms with van der Waals surface area (Å²) in [5.41, 5.74) is 0. The van der Waals surface area contributed by atoms with E-state index in [1.54, 1.807) is 7.05 Å². The fourth-order valence-electron chi connectivity index (χ4n) is 0.189. The fraction of sp³-hybridized carbons (Fsp3) is 0.400. The van der Waals surface area contributed by atoms with Crippen molar-refractivity contribution in [2.24, 2.45) is 4.99 Å². The van der Waals surface area contributed by atoms with E-state index in [0.29, 0.717) is 4.50 Å². The van der Waals surface area contributed by atoms with Crippen molar-refractivity contribution in [3.8, 4) is 0 Å².